The smallest absolute Gasteiger partial charge is 0.198 e. The van der Waals surface area contributed by atoms with Crippen molar-refractivity contribution in [3.05, 3.63) is 53.3 Å². The first kappa shape index (κ1) is 13.6. The summed E-state index contributed by atoms with van der Waals surface area (Å²) in [6.45, 7) is 5.86. The van der Waals surface area contributed by atoms with Crippen LogP contribution in [0.4, 0.5) is 0 Å². The van der Waals surface area contributed by atoms with E-state index in [2.05, 4.69) is 6.92 Å². The molecule has 1 aliphatic heterocycles. The van der Waals surface area contributed by atoms with Crippen molar-refractivity contribution in [2.45, 2.75) is 39.2 Å². The van der Waals surface area contributed by atoms with Gasteiger partial charge in [-0.3, -0.25) is 4.79 Å². The van der Waals surface area contributed by atoms with E-state index in [0.29, 0.717) is 0 Å². The minimum absolute atomic E-state index is 0.0307. The Kier molecular flexibility index (Phi) is 3.89. The van der Waals surface area contributed by atoms with Crippen LogP contribution in [-0.2, 0) is 9.53 Å². The Labute approximate surface area is 114 Å². The molecule has 19 heavy (non-hydrogen) atoms. The normalized spacial score (nSPS) is 23.5. The monoisotopic (exact) mass is 256 g/mol. The number of ether oxygens (including phenoxy) is 1. The highest BCUT2D eigenvalue weighted by atomic mass is 16.5. The number of hydrogen-bond acceptors (Lipinski definition) is 2. The molecule has 0 aromatic heterocycles. The highest BCUT2D eigenvalue weighted by molar-refractivity contribution is 6.00. The molecule has 2 heteroatoms. The van der Waals surface area contributed by atoms with Crippen LogP contribution in [0.2, 0.25) is 0 Å². The summed E-state index contributed by atoms with van der Waals surface area (Å²) in [5, 5.41) is 0. The molecule has 0 aliphatic carbocycles. The molecule has 1 aromatic carbocycles. The van der Waals surface area contributed by atoms with Crippen LogP contribution in [0.5, 0.6) is 0 Å². The molecule has 2 rings (SSSR count). The number of carbonyl (C=O) groups is 1. The summed E-state index contributed by atoms with van der Waals surface area (Å²) in [4.78, 5) is 12.3. The first-order chi connectivity index (χ1) is 9.01. The predicted molar refractivity (Wildman–Crippen MR) is 77.6 cm³/mol. The Balaban J connectivity index is 2.10. The van der Waals surface area contributed by atoms with Gasteiger partial charge in [-0.05, 0) is 50.8 Å². The highest BCUT2D eigenvalue weighted by Gasteiger charge is 2.36. The summed E-state index contributed by atoms with van der Waals surface area (Å²) < 4.78 is 5.82. The van der Waals surface area contributed by atoms with Gasteiger partial charge in [-0.1, -0.05) is 36.4 Å². The second kappa shape index (κ2) is 5.43. The molecule has 2 nitrogen and oxygen atoms in total. The first-order valence-corrected chi connectivity index (χ1v) is 6.64. The van der Waals surface area contributed by atoms with Crippen molar-refractivity contribution in [1.82, 2.24) is 0 Å². The Morgan fingerprint density at radius 2 is 1.95 bits per heavy atom. The molecule has 100 valence electrons. The van der Waals surface area contributed by atoms with Gasteiger partial charge in [0.2, 0.25) is 0 Å². The van der Waals surface area contributed by atoms with E-state index in [0.717, 1.165) is 24.2 Å². The summed E-state index contributed by atoms with van der Waals surface area (Å²) in [6, 6.07) is 9.83. The Morgan fingerprint density at radius 3 is 2.58 bits per heavy atom. The summed E-state index contributed by atoms with van der Waals surface area (Å²) in [5.74, 6) is 0.915. The van der Waals surface area contributed by atoms with E-state index >= 15 is 0 Å². The van der Waals surface area contributed by atoms with Gasteiger partial charge in [-0.2, -0.15) is 0 Å². The third-order valence-electron chi connectivity index (χ3n) is 3.70. The van der Waals surface area contributed by atoms with E-state index in [1.165, 1.54) is 5.57 Å². The lowest BCUT2D eigenvalue weighted by Gasteiger charge is -2.33. The van der Waals surface area contributed by atoms with Crippen LogP contribution in [0.1, 0.15) is 39.2 Å². The number of allylic oxidation sites excluding steroid dienone is 2. The Hall–Kier alpha value is -1.83. The van der Waals surface area contributed by atoms with E-state index in [9.17, 15) is 4.79 Å². The maximum Gasteiger partial charge on any atom is 0.198 e. The van der Waals surface area contributed by atoms with E-state index < -0.39 is 5.60 Å². The molecule has 1 aliphatic rings. The average Bonchev–Trinajstić information content (AvgIpc) is 2.42. The van der Waals surface area contributed by atoms with Crippen LogP contribution in [0.3, 0.4) is 0 Å². The quantitative estimate of drug-likeness (QED) is 0.760. The summed E-state index contributed by atoms with van der Waals surface area (Å²) >= 11 is 0. The van der Waals surface area contributed by atoms with E-state index in [4.69, 9.17) is 4.74 Å². The third kappa shape index (κ3) is 3.14. The van der Waals surface area contributed by atoms with Gasteiger partial charge in [-0.25, -0.2) is 0 Å². The van der Waals surface area contributed by atoms with Gasteiger partial charge < -0.3 is 4.74 Å². The second-order valence-electron chi connectivity index (χ2n) is 5.28. The number of hydrogen-bond donors (Lipinski definition) is 0. The molecule has 0 spiro atoms. The zero-order valence-corrected chi connectivity index (χ0v) is 11.8. The summed E-state index contributed by atoms with van der Waals surface area (Å²) in [7, 11) is 0. The van der Waals surface area contributed by atoms with Crippen molar-refractivity contribution in [2.75, 3.05) is 0 Å². The van der Waals surface area contributed by atoms with Gasteiger partial charge in [0.15, 0.2) is 11.4 Å². The van der Waals surface area contributed by atoms with Gasteiger partial charge in [0.1, 0.15) is 0 Å². The van der Waals surface area contributed by atoms with Crippen LogP contribution in [0.15, 0.2) is 47.7 Å². The van der Waals surface area contributed by atoms with Crippen molar-refractivity contribution >= 4 is 11.9 Å². The van der Waals surface area contributed by atoms with Crippen LogP contribution in [-0.4, -0.2) is 11.4 Å². The zero-order valence-electron chi connectivity index (χ0n) is 11.8. The van der Waals surface area contributed by atoms with E-state index in [1.807, 2.05) is 50.3 Å². The molecule has 1 heterocycles. The van der Waals surface area contributed by atoms with Crippen molar-refractivity contribution in [3.63, 3.8) is 0 Å². The van der Waals surface area contributed by atoms with Crippen LogP contribution in [0.25, 0.3) is 6.08 Å². The molecule has 0 bridgehead atoms. The fourth-order valence-corrected chi connectivity index (χ4v) is 2.16. The van der Waals surface area contributed by atoms with Gasteiger partial charge in [0, 0.05) is 0 Å². The van der Waals surface area contributed by atoms with Crippen LogP contribution >= 0.6 is 0 Å². The van der Waals surface area contributed by atoms with Crippen LogP contribution < -0.4 is 0 Å². The lowest BCUT2D eigenvalue weighted by molar-refractivity contribution is -0.134. The molecule has 0 radical (unpaired) electrons. The highest BCUT2D eigenvalue weighted by Crippen LogP contribution is 2.32. The number of carbonyl (C=O) groups excluding carboxylic acids is 1. The fraction of sp³-hybridized carbons (Fsp3) is 0.353. The third-order valence-corrected chi connectivity index (χ3v) is 3.70. The van der Waals surface area contributed by atoms with Gasteiger partial charge in [0.05, 0.1) is 5.76 Å². The Bertz CT molecular complexity index is 525. The standard InChI is InChI=1S/C17H20O2/c1-13-11-12-17(3,19-14(13)2)16(18)10-9-15-7-5-4-6-8-15/h4-10H,11-12H2,1-3H3/t17-/m1/s1. The lowest BCUT2D eigenvalue weighted by Crippen LogP contribution is -2.39. The Morgan fingerprint density at radius 1 is 1.26 bits per heavy atom. The average molecular weight is 256 g/mol. The number of benzene rings is 1. The summed E-state index contributed by atoms with van der Waals surface area (Å²) in [6.07, 6.45) is 5.14. The molecular formula is C17H20O2. The molecule has 0 amide bonds. The van der Waals surface area contributed by atoms with E-state index in [1.54, 1.807) is 6.08 Å². The SMILES string of the molecule is CC1=C(C)O[C@@](C)(C(=O)C=Cc2ccccc2)CC1. The first-order valence-electron chi connectivity index (χ1n) is 6.64. The topological polar surface area (TPSA) is 26.3 Å². The van der Waals surface area contributed by atoms with Crippen molar-refractivity contribution in [3.8, 4) is 0 Å². The van der Waals surface area contributed by atoms with Gasteiger partial charge in [-0.15, -0.1) is 0 Å². The number of ketones is 1. The minimum atomic E-state index is -0.713. The van der Waals surface area contributed by atoms with E-state index in [-0.39, 0.29) is 5.78 Å². The van der Waals surface area contributed by atoms with Crippen LogP contribution in [0, 0.1) is 0 Å². The zero-order chi connectivity index (χ0) is 13.9. The van der Waals surface area contributed by atoms with Crippen molar-refractivity contribution < 1.29 is 9.53 Å². The lowest BCUT2D eigenvalue weighted by atomic mass is 9.89. The molecule has 1 atom stereocenters. The maximum absolute atomic E-state index is 12.3. The van der Waals surface area contributed by atoms with Crippen molar-refractivity contribution in [1.29, 1.82) is 0 Å². The predicted octanol–water partition coefficient (Wildman–Crippen LogP) is 4.13. The number of rotatable bonds is 3. The molecule has 0 N–H and O–H groups in total. The second-order valence-corrected chi connectivity index (χ2v) is 5.28. The molecule has 0 saturated carbocycles. The van der Waals surface area contributed by atoms with Crippen molar-refractivity contribution in [2.24, 2.45) is 0 Å². The molecular weight excluding hydrogens is 236 g/mol. The molecule has 0 fully saturated rings. The molecule has 1 aromatic rings. The molecule has 0 saturated heterocycles. The summed E-state index contributed by atoms with van der Waals surface area (Å²) in [5.41, 5.74) is 1.55. The molecule has 0 unspecified atom stereocenters. The van der Waals surface area contributed by atoms with Gasteiger partial charge >= 0.3 is 0 Å². The fourth-order valence-electron chi connectivity index (χ4n) is 2.16. The van der Waals surface area contributed by atoms with Gasteiger partial charge in [0.25, 0.3) is 0 Å². The largest absolute Gasteiger partial charge is 0.484 e. The minimum Gasteiger partial charge on any atom is -0.484 e. The maximum atomic E-state index is 12.3.